The number of carbonyl (C=O) groups is 1. The summed E-state index contributed by atoms with van der Waals surface area (Å²) in [5.41, 5.74) is 1.10. The van der Waals surface area contributed by atoms with Crippen molar-refractivity contribution < 1.29 is 14.0 Å². The van der Waals surface area contributed by atoms with Crippen LogP contribution in [-0.2, 0) is 4.84 Å². The standard InChI is InChI=1S/C19H20FN7O2.ClH/c1-13-12-21-14(2)24-18(13)26-9-8-25(10-11-29-26)19(28)17-15(20)4-3-5-16(17)27-22-6-7-23-27;/h3-7,12H,8-11H2,1-2H3;1H. The lowest BCUT2D eigenvalue weighted by Gasteiger charge is -2.23. The number of aromatic nitrogens is 5. The molecule has 11 heteroatoms. The van der Waals surface area contributed by atoms with Crippen molar-refractivity contribution in [1.82, 2.24) is 29.9 Å². The molecule has 9 nitrogen and oxygen atoms in total. The van der Waals surface area contributed by atoms with E-state index in [9.17, 15) is 9.18 Å². The molecule has 0 N–H and O–H groups in total. The molecule has 1 fully saturated rings. The lowest BCUT2D eigenvalue weighted by Crippen LogP contribution is -2.36. The largest absolute Gasteiger partial charge is 0.334 e. The molecule has 3 heterocycles. The Morgan fingerprint density at radius 1 is 1.13 bits per heavy atom. The van der Waals surface area contributed by atoms with E-state index < -0.39 is 11.7 Å². The number of nitrogens with zero attached hydrogens (tertiary/aromatic N) is 7. The highest BCUT2D eigenvalue weighted by Crippen LogP contribution is 2.21. The predicted molar refractivity (Wildman–Crippen MR) is 109 cm³/mol. The van der Waals surface area contributed by atoms with Crippen molar-refractivity contribution in [3.63, 3.8) is 0 Å². The third-order valence-corrected chi connectivity index (χ3v) is 4.61. The topological polar surface area (TPSA) is 89.3 Å². The number of aryl methyl sites for hydroxylation is 2. The fraction of sp³-hybridized carbons (Fsp3) is 0.316. The molecule has 2 aromatic heterocycles. The SMILES string of the molecule is Cc1ncc(C)c(N2CCN(C(=O)c3c(F)cccc3-n3nccn3)CCO2)n1.Cl. The Bertz CT molecular complexity index is 1030. The van der Waals surface area contributed by atoms with Gasteiger partial charge >= 0.3 is 0 Å². The van der Waals surface area contributed by atoms with Crippen LogP contribution in [0.1, 0.15) is 21.7 Å². The summed E-state index contributed by atoms with van der Waals surface area (Å²) in [6, 6.07) is 4.40. The zero-order chi connectivity index (χ0) is 20.4. The maximum Gasteiger partial charge on any atom is 0.259 e. The van der Waals surface area contributed by atoms with Gasteiger partial charge in [0.05, 0.1) is 25.5 Å². The maximum atomic E-state index is 14.6. The monoisotopic (exact) mass is 433 g/mol. The molecule has 30 heavy (non-hydrogen) atoms. The molecule has 0 aliphatic carbocycles. The molecule has 158 valence electrons. The molecule has 0 unspecified atom stereocenters. The third kappa shape index (κ3) is 4.24. The van der Waals surface area contributed by atoms with Crippen LogP contribution in [0.2, 0.25) is 0 Å². The number of hydrogen-bond acceptors (Lipinski definition) is 7. The second-order valence-electron chi connectivity index (χ2n) is 6.60. The summed E-state index contributed by atoms with van der Waals surface area (Å²) < 4.78 is 14.6. The number of amides is 1. The molecular weight excluding hydrogens is 413 g/mol. The van der Waals surface area contributed by atoms with Gasteiger partial charge in [-0.1, -0.05) is 6.07 Å². The maximum absolute atomic E-state index is 14.6. The minimum Gasteiger partial charge on any atom is -0.334 e. The lowest BCUT2D eigenvalue weighted by molar-refractivity contribution is 0.0725. The second-order valence-corrected chi connectivity index (χ2v) is 6.60. The molecule has 1 aliphatic heterocycles. The van der Waals surface area contributed by atoms with Gasteiger partial charge in [0.15, 0.2) is 5.82 Å². The first kappa shape index (κ1) is 21.6. The molecule has 0 bridgehead atoms. The van der Waals surface area contributed by atoms with Crippen LogP contribution in [0.25, 0.3) is 5.69 Å². The van der Waals surface area contributed by atoms with Crippen LogP contribution in [-0.4, -0.2) is 62.0 Å². The Balaban J connectivity index is 0.00000256. The second kappa shape index (κ2) is 9.14. The fourth-order valence-electron chi connectivity index (χ4n) is 3.18. The summed E-state index contributed by atoms with van der Waals surface area (Å²) in [4.78, 5) is 30.4. The lowest BCUT2D eigenvalue weighted by atomic mass is 10.1. The number of anilines is 1. The van der Waals surface area contributed by atoms with Gasteiger partial charge in [-0.25, -0.2) is 19.4 Å². The van der Waals surface area contributed by atoms with Gasteiger partial charge in [-0.2, -0.15) is 15.0 Å². The van der Waals surface area contributed by atoms with Crippen molar-refractivity contribution in [2.75, 3.05) is 31.3 Å². The van der Waals surface area contributed by atoms with Gasteiger partial charge < -0.3 is 4.90 Å². The van der Waals surface area contributed by atoms with E-state index in [2.05, 4.69) is 20.2 Å². The van der Waals surface area contributed by atoms with Gasteiger partial charge in [0, 0.05) is 24.8 Å². The number of halogens is 2. The summed E-state index contributed by atoms with van der Waals surface area (Å²) in [5.74, 6) is 0.249. The molecule has 0 atom stereocenters. The van der Waals surface area contributed by atoms with Crippen molar-refractivity contribution in [3.8, 4) is 5.69 Å². The average Bonchev–Trinajstić information content (AvgIpc) is 3.14. The molecule has 1 amide bonds. The minimum atomic E-state index is -0.617. The predicted octanol–water partition coefficient (Wildman–Crippen LogP) is 2.13. The Hall–Kier alpha value is -3.11. The molecule has 0 saturated carbocycles. The zero-order valence-corrected chi connectivity index (χ0v) is 17.3. The first-order valence-corrected chi connectivity index (χ1v) is 9.20. The molecule has 1 aliphatic rings. The first-order valence-electron chi connectivity index (χ1n) is 9.20. The van der Waals surface area contributed by atoms with E-state index in [0.29, 0.717) is 37.0 Å². The molecule has 1 aromatic carbocycles. The Labute approximate surface area is 178 Å². The van der Waals surface area contributed by atoms with Crippen LogP contribution in [0.15, 0.2) is 36.8 Å². The van der Waals surface area contributed by atoms with E-state index in [1.807, 2.05) is 6.92 Å². The smallest absolute Gasteiger partial charge is 0.259 e. The number of benzene rings is 1. The van der Waals surface area contributed by atoms with Crippen LogP contribution in [0.4, 0.5) is 10.2 Å². The van der Waals surface area contributed by atoms with Crippen LogP contribution in [0.3, 0.4) is 0 Å². The molecule has 0 spiro atoms. The zero-order valence-electron chi connectivity index (χ0n) is 16.5. The van der Waals surface area contributed by atoms with E-state index in [0.717, 1.165) is 5.56 Å². The van der Waals surface area contributed by atoms with Crippen molar-refractivity contribution in [1.29, 1.82) is 0 Å². The summed E-state index contributed by atoms with van der Waals surface area (Å²) in [7, 11) is 0. The van der Waals surface area contributed by atoms with E-state index in [-0.39, 0.29) is 24.6 Å². The van der Waals surface area contributed by atoms with Gasteiger partial charge in [0.1, 0.15) is 22.9 Å². The minimum absolute atomic E-state index is 0. The average molecular weight is 434 g/mol. The number of rotatable bonds is 3. The molecule has 4 rings (SSSR count). The quantitative estimate of drug-likeness (QED) is 0.625. The van der Waals surface area contributed by atoms with Crippen LogP contribution >= 0.6 is 12.4 Å². The van der Waals surface area contributed by atoms with Crippen molar-refractivity contribution in [2.45, 2.75) is 13.8 Å². The van der Waals surface area contributed by atoms with Gasteiger partial charge in [-0.15, -0.1) is 12.4 Å². The highest BCUT2D eigenvalue weighted by molar-refractivity contribution is 5.98. The van der Waals surface area contributed by atoms with Crippen molar-refractivity contribution in [2.24, 2.45) is 0 Å². The van der Waals surface area contributed by atoms with Crippen LogP contribution < -0.4 is 5.06 Å². The Kier molecular flexibility index (Phi) is 6.58. The van der Waals surface area contributed by atoms with Crippen molar-refractivity contribution >= 4 is 24.1 Å². The van der Waals surface area contributed by atoms with Gasteiger partial charge in [-0.3, -0.25) is 9.63 Å². The summed E-state index contributed by atoms with van der Waals surface area (Å²) in [5, 5.41) is 9.71. The van der Waals surface area contributed by atoms with E-state index in [4.69, 9.17) is 4.84 Å². The normalized spacial score (nSPS) is 14.2. The number of hydrogen-bond donors (Lipinski definition) is 0. The van der Waals surface area contributed by atoms with E-state index >= 15 is 0 Å². The summed E-state index contributed by atoms with van der Waals surface area (Å²) in [6.45, 7) is 5.03. The molecule has 1 saturated heterocycles. The first-order chi connectivity index (χ1) is 14.0. The summed E-state index contributed by atoms with van der Waals surface area (Å²) >= 11 is 0. The van der Waals surface area contributed by atoms with Crippen molar-refractivity contribution in [3.05, 3.63) is 59.6 Å². The fourth-order valence-corrected chi connectivity index (χ4v) is 3.18. The Morgan fingerprint density at radius 2 is 1.90 bits per heavy atom. The number of carbonyl (C=O) groups excluding carboxylic acids is 1. The summed E-state index contributed by atoms with van der Waals surface area (Å²) in [6.07, 6.45) is 4.68. The molecular formula is C19H21ClFN7O2. The van der Waals surface area contributed by atoms with E-state index in [1.54, 1.807) is 29.2 Å². The number of hydroxylamine groups is 1. The van der Waals surface area contributed by atoms with Crippen LogP contribution in [0.5, 0.6) is 0 Å². The Morgan fingerprint density at radius 3 is 2.67 bits per heavy atom. The highest BCUT2D eigenvalue weighted by atomic mass is 35.5. The highest BCUT2D eigenvalue weighted by Gasteiger charge is 2.27. The molecule has 0 radical (unpaired) electrons. The third-order valence-electron chi connectivity index (χ3n) is 4.61. The van der Waals surface area contributed by atoms with E-state index in [1.165, 1.54) is 29.3 Å². The molecule has 3 aromatic rings. The van der Waals surface area contributed by atoms with Gasteiger partial charge in [0.25, 0.3) is 5.91 Å². The van der Waals surface area contributed by atoms with Gasteiger partial charge in [-0.05, 0) is 26.0 Å². The van der Waals surface area contributed by atoms with Crippen LogP contribution in [0, 0.1) is 19.7 Å². The van der Waals surface area contributed by atoms with Gasteiger partial charge in [0.2, 0.25) is 0 Å².